The van der Waals surface area contributed by atoms with Crippen molar-refractivity contribution in [2.75, 3.05) is 37.4 Å². The van der Waals surface area contributed by atoms with Gasteiger partial charge in [-0.25, -0.2) is 8.42 Å². The second kappa shape index (κ2) is 16.6. The zero-order chi connectivity index (χ0) is 31.2. The van der Waals surface area contributed by atoms with E-state index in [0.29, 0.717) is 36.8 Å². The molecule has 0 spiro atoms. The molecule has 3 rings (SSSR count). The van der Waals surface area contributed by atoms with Crippen LogP contribution in [0.5, 0.6) is 11.5 Å². The summed E-state index contributed by atoms with van der Waals surface area (Å²) in [6.45, 7) is 5.16. The van der Waals surface area contributed by atoms with E-state index < -0.39 is 16.1 Å². The second-order valence-electron chi connectivity index (χ2n) is 10.2. The Labute approximate surface area is 255 Å². The van der Waals surface area contributed by atoms with Gasteiger partial charge in [-0.15, -0.1) is 0 Å². The smallest absolute Gasteiger partial charge is 0.243 e. The Balaban J connectivity index is 1.86. The second-order valence-corrected chi connectivity index (χ2v) is 12.1. The molecule has 0 heterocycles. The van der Waals surface area contributed by atoms with Crippen molar-refractivity contribution < 1.29 is 27.5 Å². The molecule has 3 aromatic rings. The molecule has 0 radical (unpaired) electrons. The van der Waals surface area contributed by atoms with Gasteiger partial charge in [-0.3, -0.25) is 13.9 Å². The summed E-state index contributed by atoms with van der Waals surface area (Å²) in [6.07, 6.45) is 2.57. The minimum atomic E-state index is -3.61. The molecule has 0 bridgehead atoms. The Hall–Kier alpha value is -4.05. The normalized spacial score (nSPS) is 11.8. The first-order valence-corrected chi connectivity index (χ1v) is 16.5. The van der Waals surface area contributed by atoms with Crippen LogP contribution in [0.25, 0.3) is 0 Å². The van der Waals surface area contributed by atoms with E-state index in [0.717, 1.165) is 23.8 Å². The van der Waals surface area contributed by atoms with Crippen molar-refractivity contribution >= 4 is 27.5 Å². The summed E-state index contributed by atoms with van der Waals surface area (Å²) in [5.74, 6) is 0.831. The Morgan fingerprint density at radius 3 is 2.23 bits per heavy atom. The van der Waals surface area contributed by atoms with Crippen LogP contribution in [0.1, 0.15) is 44.2 Å². The topological polar surface area (TPSA) is 105 Å². The molecule has 3 aromatic carbocycles. The third-order valence-electron chi connectivity index (χ3n) is 6.90. The van der Waals surface area contributed by atoms with Gasteiger partial charge in [0.2, 0.25) is 21.8 Å². The Morgan fingerprint density at radius 2 is 1.60 bits per heavy atom. The van der Waals surface area contributed by atoms with Crippen LogP contribution in [-0.4, -0.2) is 64.2 Å². The molecule has 0 aromatic heterocycles. The first-order valence-electron chi connectivity index (χ1n) is 14.6. The summed E-state index contributed by atoms with van der Waals surface area (Å²) in [7, 11) is -2.03. The van der Waals surface area contributed by atoms with Crippen molar-refractivity contribution in [2.24, 2.45) is 0 Å². The average Bonchev–Trinajstić information content (AvgIpc) is 3.00. The maximum Gasteiger partial charge on any atom is 0.243 e. The molecule has 232 valence electrons. The first kappa shape index (κ1) is 33.5. The van der Waals surface area contributed by atoms with E-state index in [-0.39, 0.29) is 37.7 Å². The van der Waals surface area contributed by atoms with Gasteiger partial charge in [0.05, 0.1) is 25.7 Å². The number of rotatable bonds is 17. The molecular weight excluding hydrogens is 566 g/mol. The SMILES string of the molecule is CCCNC(=O)C(Cc1ccccc1)N(Cc1cccc(OC)c1)C(=O)CCCN(c1ccc(OCC)cc1)S(C)(=O)=O. The van der Waals surface area contributed by atoms with Crippen LogP contribution >= 0.6 is 0 Å². The van der Waals surface area contributed by atoms with Crippen molar-refractivity contribution in [1.29, 1.82) is 0 Å². The molecule has 0 aliphatic heterocycles. The van der Waals surface area contributed by atoms with Gasteiger partial charge in [-0.1, -0.05) is 49.4 Å². The minimum Gasteiger partial charge on any atom is -0.497 e. The van der Waals surface area contributed by atoms with Gasteiger partial charge in [-0.05, 0) is 67.3 Å². The van der Waals surface area contributed by atoms with Crippen LogP contribution in [-0.2, 0) is 32.6 Å². The molecule has 1 unspecified atom stereocenters. The molecule has 1 atom stereocenters. The van der Waals surface area contributed by atoms with Crippen LogP contribution in [0.15, 0.2) is 78.9 Å². The maximum absolute atomic E-state index is 13.9. The van der Waals surface area contributed by atoms with Crippen molar-refractivity contribution in [1.82, 2.24) is 10.2 Å². The van der Waals surface area contributed by atoms with Crippen LogP contribution in [0.2, 0.25) is 0 Å². The van der Waals surface area contributed by atoms with Gasteiger partial charge in [0, 0.05) is 32.5 Å². The summed E-state index contributed by atoms with van der Waals surface area (Å²) in [5, 5.41) is 2.97. The quantitative estimate of drug-likeness (QED) is 0.236. The molecular formula is C33H43N3O6S. The lowest BCUT2D eigenvalue weighted by Gasteiger charge is -2.32. The van der Waals surface area contributed by atoms with Crippen molar-refractivity contribution in [3.05, 3.63) is 90.0 Å². The van der Waals surface area contributed by atoms with E-state index in [1.54, 1.807) is 36.3 Å². The van der Waals surface area contributed by atoms with Crippen molar-refractivity contribution in [3.8, 4) is 11.5 Å². The van der Waals surface area contributed by atoms with E-state index in [4.69, 9.17) is 9.47 Å². The zero-order valence-electron chi connectivity index (χ0n) is 25.5. The number of hydrogen-bond acceptors (Lipinski definition) is 6. The zero-order valence-corrected chi connectivity index (χ0v) is 26.3. The summed E-state index contributed by atoms with van der Waals surface area (Å²) < 4.78 is 37.5. The number of carbonyl (C=O) groups excluding carboxylic acids is 2. The number of hydrogen-bond donors (Lipinski definition) is 1. The van der Waals surface area contributed by atoms with E-state index >= 15 is 0 Å². The van der Waals surface area contributed by atoms with Gasteiger partial charge >= 0.3 is 0 Å². The fourth-order valence-corrected chi connectivity index (χ4v) is 5.73. The minimum absolute atomic E-state index is 0.0549. The summed E-state index contributed by atoms with van der Waals surface area (Å²) in [5.41, 5.74) is 2.25. The largest absolute Gasteiger partial charge is 0.497 e. The lowest BCUT2D eigenvalue weighted by atomic mass is 10.0. The third kappa shape index (κ3) is 10.3. The van der Waals surface area contributed by atoms with Crippen LogP contribution < -0.4 is 19.1 Å². The van der Waals surface area contributed by atoms with E-state index in [9.17, 15) is 18.0 Å². The van der Waals surface area contributed by atoms with Crippen LogP contribution in [0.3, 0.4) is 0 Å². The maximum atomic E-state index is 13.9. The van der Waals surface area contributed by atoms with E-state index in [1.807, 2.05) is 68.4 Å². The van der Waals surface area contributed by atoms with E-state index in [1.165, 1.54) is 4.31 Å². The summed E-state index contributed by atoms with van der Waals surface area (Å²) >= 11 is 0. The van der Waals surface area contributed by atoms with Crippen molar-refractivity contribution in [2.45, 2.75) is 52.1 Å². The van der Waals surface area contributed by atoms with Gasteiger partial charge < -0.3 is 19.7 Å². The van der Waals surface area contributed by atoms with Crippen molar-refractivity contribution in [3.63, 3.8) is 0 Å². The summed E-state index contributed by atoms with van der Waals surface area (Å²) in [4.78, 5) is 29.0. The Kier molecular flexibility index (Phi) is 12.9. The third-order valence-corrected chi connectivity index (χ3v) is 8.09. The van der Waals surface area contributed by atoms with Gasteiger partial charge in [-0.2, -0.15) is 0 Å². The number of ether oxygens (including phenoxy) is 2. The number of amides is 2. The lowest BCUT2D eigenvalue weighted by Crippen LogP contribution is -2.50. The molecule has 0 aliphatic carbocycles. The predicted molar refractivity (Wildman–Crippen MR) is 170 cm³/mol. The molecule has 0 fully saturated rings. The Bertz CT molecular complexity index is 1410. The fraction of sp³-hybridized carbons (Fsp3) is 0.394. The van der Waals surface area contributed by atoms with E-state index in [2.05, 4.69) is 5.32 Å². The predicted octanol–water partition coefficient (Wildman–Crippen LogP) is 4.81. The number of carbonyl (C=O) groups is 2. The lowest BCUT2D eigenvalue weighted by molar-refractivity contribution is -0.141. The molecule has 2 amide bonds. The van der Waals surface area contributed by atoms with Gasteiger partial charge in [0.15, 0.2) is 0 Å². The number of anilines is 1. The highest BCUT2D eigenvalue weighted by molar-refractivity contribution is 7.92. The van der Waals surface area contributed by atoms with Crippen LogP contribution in [0, 0.1) is 0 Å². The number of nitrogens with zero attached hydrogens (tertiary/aromatic N) is 2. The average molecular weight is 610 g/mol. The number of methoxy groups -OCH3 is 1. The first-order chi connectivity index (χ1) is 20.7. The monoisotopic (exact) mass is 609 g/mol. The molecule has 1 N–H and O–H groups in total. The summed E-state index contributed by atoms with van der Waals surface area (Å²) in [6, 6.07) is 23.1. The Morgan fingerprint density at radius 1 is 0.907 bits per heavy atom. The number of sulfonamides is 1. The molecule has 0 aliphatic rings. The standard InChI is InChI=1S/C33H43N3O6S/c1-5-21-34-33(38)31(24-26-12-8-7-9-13-26)35(25-27-14-10-15-30(23-27)41-3)32(37)16-11-22-36(43(4,39)40)28-17-19-29(20-18-28)42-6-2/h7-10,12-15,17-20,23,31H,5-6,11,16,21-22,24-25H2,1-4H3,(H,34,38). The molecule has 43 heavy (non-hydrogen) atoms. The van der Waals surface area contributed by atoms with Gasteiger partial charge in [0.1, 0.15) is 17.5 Å². The molecule has 0 saturated carbocycles. The molecule has 0 saturated heterocycles. The fourth-order valence-electron chi connectivity index (χ4n) is 4.77. The molecule has 10 heteroatoms. The highest BCUT2D eigenvalue weighted by Crippen LogP contribution is 2.23. The highest BCUT2D eigenvalue weighted by atomic mass is 32.2. The highest BCUT2D eigenvalue weighted by Gasteiger charge is 2.30. The number of nitrogens with one attached hydrogen (secondary N) is 1. The van der Waals surface area contributed by atoms with Crippen LogP contribution in [0.4, 0.5) is 5.69 Å². The van der Waals surface area contributed by atoms with Gasteiger partial charge in [0.25, 0.3) is 0 Å². The number of benzene rings is 3. The molecule has 9 nitrogen and oxygen atoms in total.